The smallest absolute Gasteiger partial charge is 0.165 e. The number of likely N-dealkylation sites (N-methyl/N-ethyl adjacent to an activating group) is 1. The number of aromatic hydroxyl groups is 1. The molecule has 5 nitrogen and oxygen atoms in total. The first-order valence-electron chi connectivity index (χ1n) is 14.9. The number of rotatable bonds is 7. The van der Waals surface area contributed by atoms with Gasteiger partial charge in [0.1, 0.15) is 11.7 Å². The number of fused-ring (bicyclic) bond motifs is 2. The van der Waals surface area contributed by atoms with E-state index in [2.05, 4.69) is 44.3 Å². The molecular formula is C33H42NO4+. The number of quaternary nitrogens is 1. The Bertz CT molecular complexity index is 1310. The fourth-order valence-electron chi connectivity index (χ4n) is 10.6. The van der Waals surface area contributed by atoms with Gasteiger partial charge in [0, 0.05) is 42.8 Å². The molecule has 202 valence electrons. The van der Waals surface area contributed by atoms with Crippen LogP contribution in [-0.4, -0.2) is 61.2 Å². The van der Waals surface area contributed by atoms with Gasteiger partial charge in [-0.15, -0.1) is 0 Å². The molecule has 5 heteroatoms. The highest BCUT2D eigenvalue weighted by atomic mass is 16.6. The Kier molecular flexibility index (Phi) is 4.86. The SMILES string of the molecule is CO[C@]12CC[C@@]3(C[C@@H]1COCc1cccc(C)c1)[C@H]1Cc4ccc(O)c5c4[C@@]3(CC[N+]1(C)CC1CC1)[C@H]2O5. The third-order valence-electron chi connectivity index (χ3n) is 12.2. The average molecular weight is 517 g/mol. The number of methoxy groups -OCH3 is 1. The van der Waals surface area contributed by atoms with Crippen LogP contribution < -0.4 is 4.74 Å². The number of aryl methyl sites for hydroxylation is 1. The summed E-state index contributed by atoms with van der Waals surface area (Å²) in [5, 5.41) is 11.0. The minimum Gasteiger partial charge on any atom is -0.504 e. The third kappa shape index (κ3) is 2.83. The van der Waals surface area contributed by atoms with E-state index in [1.54, 1.807) is 0 Å². The van der Waals surface area contributed by atoms with Crippen molar-refractivity contribution in [1.29, 1.82) is 0 Å². The van der Waals surface area contributed by atoms with Crippen molar-refractivity contribution < 1.29 is 23.8 Å². The van der Waals surface area contributed by atoms with E-state index in [1.165, 1.54) is 59.1 Å². The lowest BCUT2D eigenvalue weighted by molar-refractivity contribution is -0.952. The molecule has 1 N–H and O–H groups in total. The minimum atomic E-state index is -0.393. The second-order valence-corrected chi connectivity index (χ2v) is 13.9. The Hall–Kier alpha value is -2.08. The van der Waals surface area contributed by atoms with Crippen molar-refractivity contribution in [1.82, 2.24) is 0 Å². The maximum atomic E-state index is 11.0. The molecule has 2 spiro atoms. The summed E-state index contributed by atoms with van der Waals surface area (Å²) in [6, 6.07) is 13.3. The highest BCUT2D eigenvalue weighted by molar-refractivity contribution is 5.62. The maximum absolute atomic E-state index is 11.0. The number of ether oxygens (including phenoxy) is 3. The average Bonchev–Trinajstić information content (AvgIpc) is 3.63. The Morgan fingerprint density at radius 1 is 1.13 bits per heavy atom. The van der Waals surface area contributed by atoms with Crippen LogP contribution in [0, 0.1) is 24.2 Å². The normalized spacial score (nSPS) is 41.6. The van der Waals surface area contributed by atoms with Gasteiger partial charge in [-0.05, 0) is 56.2 Å². The molecular weight excluding hydrogens is 474 g/mol. The highest BCUT2D eigenvalue weighted by Gasteiger charge is 2.83. The number of phenolic OH excluding ortho intramolecular Hbond substituents is 1. The summed E-state index contributed by atoms with van der Waals surface area (Å²) >= 11 is 0. The number of nitrogens with zero attached hydrogens (tertiary/aromatic N) is 1. The number of hydrogen-bond acceptors (Lipinski definition) is 4. The lowest BCUT2D eigenvalue weighted by Crippen LogP contribution is -2.83. The van der Waals surface area contributed by atoms with Crippen LogP contribution in [0.25, 0.3) is 0 Å². The van der Waals surface area contributed by atoms with Gasteiger partial charge < -0.3 is 23.8 Å². The van der Waals surface area contributed by atoms with Crippen molar-refractivity contribution in [3.63, 3.8) is 0 Å². The fraction of sp³-hybridized carbons (Fsp3) is 0.636. The molecule has 5 fully saturated rings. The zero-order valence-electron chi connectivity index (χ0n) is 23.2. The van der Waals surface area contributed by atoms with Crippen molar-refractivity contribution in [2.75, 3.05) is 33.9 Å². The summed E-state index contributed by atoms with van der Waals surface area (Å²) in [4.78, 5) is 0. The van der Waals surface area contributed by atoms with Crippen LogP contribution in [0.15, 0.2) is 36.4 Å². The molecule has 0 amide bonds. The fourth-order valence-corrected chi connectivity index (χ4v) is 10.6. The Morgan fingerprint density at radius 2 is 2.00 bits per heavy atom. The zero-order chi connectivity index (χ0) is 25.9. The molecule has 7 aliphatic rings. The predicted molar refractivity (Wildman–Crippen MR) is 145 cm³/mol. The molecule has 1 unspecified atom stereocenters. The largest absolute Gasteiger partial charge is 0.504 e. The Morgan fingerprint density at radius 3 is 2.79 bits per heavy atom. The van der Waals surface area contributed by atoms with E-state index in [4.69, 9.17) is 14.2 Å². The van der Waals surface area contributed by atoms with E-state index < -0.39 is 5.60 Å². The van der Waals surface area contributed by atoms with Gasteiger partial charge in [0.15, 0.2) is 11.5 Å². The summed E-state index contributed by atoms with van der Waals surface area (Å²) in [7, 11) is 4.46. The van der Waals surface area contributed by atoms with Gasteiger partial charge in [0.25, 0.3) is 0 Å². The molecule has 7 atom stereocenters. The predicted octanol–water partition coefficient (Wildman–Crippen LogP) is 5.29. The summed E-state index contributed by atoms with van der Waals surface area (Å²) in [6.45, 7) is 5.98. The van der Waals surface area contributed by atoms with Crippen molar-refractivity contribution >= 4 is 0 Å². The number of phenols is 1. The van der Waals surface area contributed by atoms with Gasteiger partial charge in [-0.1, -0.05) is 35.9 Å². The molecule has 2 aromatic rings. The lowest BCUT2D eigenvalue weighted by atomic mass is 9.34. The van der Waals surface area contributed by atoms with Crippen LogP contribution in [0.3, 0.4) is 0 Å². The Balaban J connectivity index is 1.22. The maximum Gasteiger partial charge on any atom is 0.165 e. The van der Waals surface area contributed by atoms with Crippen molar-refractivity contribution in [3.05, 3.63) is 58.7 Å². The highest BCUT2D eigenvalue weighted by Crippen LogP contribution is 2.77. The molecule has 5 aliphatic carbocycles. The van der Waals surface area contributed by atoms with Crippen molar-refractivity contribution in [3.8, 4) is 11.5 Å². The topological polar surface area (TPSA) is 47.9 Å². The van der Waals surface area contributed by atoms with Crippen LogP contribution in [-0.2, 0) is 27.9 Å². The summed E-state index contributed by atoms with van der Waals surface area (Å²) in [5.74, 6) is 2.24. The molecule has 0 radical (unpaired) electrons. The van der Waals surface area contributed by atoms with E-state index in [1.807, 2.05) is 13.2 Å². The number of likely N-dealkylation sites (tertiary alicyclic amines) is 1. The van der Waals surface area contributed by atoms with Crippen molar-refractivity contribution in [2.45, 2.75) is 81.6 Å². The van der Waals surface area contributed by atoms with E-state index in [0.717, 1.165) is 37.4 Å². The monoisotopic (exact) mass is 516 g/mol. The molecule has 4 saturated carbocycles. The lowest BCUT2D eigenvalue weighted by Gasteiger charge is -2.74. The van der Waals surface area contributed by atoms with Crippen LogP contribution in [0.1, 0.15) is 60.8 Å². The van der Waals surface area contributed by atoms with Gasteiger partial charge in [-0.2, -0.15) is 0 Å². The second-order valence-electron chi connectivity index (χ2n) is 13.9. The van der Waals surface area contributed by atoms with Gasteiger partial charge >= 0.3 is 0 Å². The first kappa shape index (κ1) is 23.8. The molecule has 0 aromatic heterocycles. The van der Waals surface area contributed by atoms with Crippen molar-refractivity contribution in [2.24, 2.45) is 17.3 Å². The van der Waals surface area contributed by atoms with E-state index in [-0.39, 0.29) is 22.9 Å². The zero-order valence-corrected chi connectivity index (χ0v) is 23.2. The molecule has 2 aliphatic heterocycles. The minimum absolute atomic E-state index is 0.0606. The van der Waals surface area contributed by atoms with Crippen LogP contribution in [0.2, 0.25) is 0 Å². The molecule has 2 aromatic carbocycles. The number of piperidine rings is 1. The van der Waals surface area contributed by atoms with Gasteiger partial charge in [-0.25, -0.2) is 0 Å². The van der Waals surface area contributed by atoms with Crippen LogP contribution >= 0.6 is 0 Å². The third-order valence-corrected chi connectivity index (χ3v) is 12.2. The van der Waals surface area contributed by atoms with E-state index >= 15 is 0 Å². The van der Waals surface area contributed by atoms with Gasteiger partial charge in [-0.3, -0.25) is 0 Å². The standard InChI is InChI=1S/C33H41NO4/c1-21-5-4-6-23(15-21)19-37-20-25-17-31-11-12-33(25,36-3)30-32(31)13-14-34(2,18-22-7-8-22)27(31)16-24-9-10-26(35)29(38-30)28(24)32/h4-6,9-10,15,22,25,27,30H,7-8,11-14,16-20H2,1-3H3/p+1/t25-,27-,30-,31-,32+,33-,34?/m1/s1. The molecule has 1 saturated heterocycles. The van der Waals surface area contributed by atoms with Gasteiger partial charge in [0.05, 0.1) is 44.8 Å². The first-order valence-corrected chi connectivity index (χ1v) is 14.9. The van der Waals surface area contributed by atoms with Gasteiger partial charge in [0.2, 0.25) is 0 Å². The van der Waals surface area contributed by atoms with E-state index in [9.17, 15) is 5.11 Å². The summed E-state index contributed by atoms with van der Waals surface area (Å²) in [6.07, 6.45) is 8.30. The summed E-state index contributed by atoms with van der Waals surface area (Å²) < 4.78 is 21.3. The second kappa shape index (κ2) is 7.77. The first-order chi connectivity index (χ1) is 18.4. The quantitative estimate of drug-likeness (QED) is 0.509. The van der Waals surface area contributed by atoms with Crippen LogP contribution in [0.5, 0.6) is 11.5 Å². The van der Waals surface area contributed by atoms with Crippen LogP contribution in [0.4, 0.5) is 0 Å². The van der Waals surface area contributed by atoms with E-state index in [0.29, 0.717) is 25.0 Å². The molecule has 38 heavy (non-hydrogen) atoms. The molecule has 4 bridgehead atoms. The molecule has 9 rings (SSSR count). The number of benzene rings is 2. The number of hydrogen-bond donors (Lipinski definition) is 1. The molecule has 2 heterocycles. The Labute approximate surface area is 226 Å². The summed E-state index contributed by atoms with van der Waals surface area (Å²) in [5.41, 5.74) is 4.96.